The predicted molar refractivity (Wildman–Crippen MR) is 133 cm³/mol. The van der Waals surface area contributed by atoms with Gasteiger partial charge in [-0.3, -0.25) is 0 Å². The second kappa shape index (κ2) is 11.5. The molecule has 1 aliphatic heterocycles. The third-order valence-corrected chi connectivity index (χ3v) is 5.45. The number of methoxy groups -OCH3 is 1. The zero-order valence-electron chi connectivity index (χ0n) is 16.7. The molecule has 29 heavy (non-hydrogen) atoms. The van der Waals surface area contributed by atoms with Gasteiger partial charge in [-0.2, -0.15) is 0 Å². The summed E-state index contributed by atoms with van der Waals surface area (Å²) >= 11 is 3.64. The van der Waals surface area contributed by atoms with E-state index in [1.165, 1.54) is 5.69 Å². The number of hydrogen-bond acceptors (Lipinski definition) is 4. The molecule has 6 nitrogen and oxygen atoms in total. The Morgan fingerprint density at radius 1 is 1.28 bits per heavy atom. The summed E-state index contributed by atoms with van der Waals surface area (Å²) in [6.45, 7) is 5.10. The maximum absolute atomic E-state index is 10.3. The molecular weight excluding hydrogens is 547 g/mol. The summed E-state index contributed by atoms with van der Waals surface area (Å²) in [5.74, 6) is 1.36. The molecule has 0 radical (unpaired) electrons. The van der Waals surface area contributed by atoms with Gasteiger partial charge in [-0.25, -0.2) is 4.99 Å². The lowest BCUT2D eigenvalue weighted by molar-refractivity contribution is 0.370. The number of phenolic OH excluding ortho intramolecular Hbond substituents is 1. The SMILES string of the molecule is CCNC(=NCc1cccc(OC)c1O)NC1CCN(c2ccccc2Br)C1.I. The van der Waals surface area contributed by atoms with Crippen LogP contribution in [0.5, 0.6) is 11.5 Å². The molecule has 0 bridgehead atoms. The maximum atomic E-state index is 10.3. The molecule has 3 N–H and O–H groups in total. The Labute approximate surface area is 197 Å². The monoisotopic (exact) mass is 574 g/mol. The van der Waals surface area contributed by atoms with Crippen LogP contribution in [-0.4, -0.2) is 43.9 Å². The summed E-state index contributed by atoms with van der Waals surface area (Å²) in [7, 11) is 1.55. The van der Waals surface area contributed by atoms with Crippen LogP contribution < -0.4 is 20.3 Å². The molecule has 2 aromatic carbocycles. The maximum Gasteiger partial charge on any atom is 0.191 e. The van der Waals surface area contributed by atoms with Crippen molar-refractivity contribution in [3.05, 3.63) is 52.5 Å². The van der Waals surface area contributed by atoms with E-state index in [-0.39, 0.29) is 29.7 Å². The highest BCUT2D eigenvalue weighted by Crippen LogP contribution is 2.30. The van der Waals surface area contributed by atoms with Gasteiger partial charge < -0.3 is 25.4 Å². The van der Waals surface area contributed by atoms with Gasteiger partial charge in [0.1, 0.15) is 0 Å². The van der Waals surface area contributed by atoms with E-state index in [0.717, 1.165) is 42.1 Å². The van der Waals surface area contributed by atoms with Crippen molar-refractivity contribution in [2.75, 3.05) is 31.6 Å². The Morgan fingerprint density at radius 3 is 2.79 bits per heavy atom. The Kier molecular flexibility index (Phi) is 9.35. The molecule has 1 unspecified atom stereocenters. The fourth-order valence-corrected chi connectivity index (χ4v) is 3.88. The van der Waals surface area contributed by atoms with Crippen LogP contribution in [0.4, 0.5) is 5.69 Å². The first kappa shape index (κ1) is 23.6. The fraction of sp³-hybridized carbons (Fsp3) is 0.381. The van der Waals surface area contributed by atoms with Crippen LogP contribution in [0.15, 0.2) is 51.9 Å². The van der Waals surface area contributed by atoms with E-state index < -0.39 is 0 Å². The standard InChI is InChI=1S/C21H27BrN4O2.HI/c1-3-23-21(24-13-15-7-6-10-19(28-2)20(15)27)25-16-11-12-26(14-16)18-9-5-4-8-17(18)22;/h4-10,16,27H,3,11-14H2,1-2H3,(H2,23,24,25);1H. The number of para-hydroxylation sites is 2. The van der Waals surface area contributed by atoms with Crippen molar-refractivity contribution in [3.63, 3.8) is 0 Å². The van der Waals surface area contributed by atoms with Crippen LogP contribution in [0.3, 0.4) is 0 Å². The summed E-state index contributed by atoms with van der Waals surface area (Å²) in [6, 6.07) is 14.1. The number of halogens is 2. The quantitative estimate of drug-likeness (QED) is 0.275. The van der Waals surface area contributed by atoms with Crippen LogP contribution in [0, 0.1) is 0 Å². The number of ether oxygens (including phenoxy) is 1. The number of guanidine groups is 1. The molecule has 0 spiro atoms. The van der Waals surface area contributed by atoms with Gasteiger partial charge >= 0.3 is 0 Å². The molecule has 158 valence electrons. The van der Waals surface area contributed by atoms with Gasteiger partial charge in [0.05, 0.1) is 19.3 Å². The van der Waals surface area contributed by atoms with Crippen molar-refractivity contribution in [1.29, 1.82) is 0 Å². The first-order valence-electron chi connectivity index (χ1n) is 9.51. The second-order valence-corrected chi connectivity index (χ2v) is 7.54. The molecule has 3 rings (SSSR count). The highest BCUT2D eigenvalue weighted by molar-refractivity contribution is 14.0. The Balaban J connectivity index is 0.00000300. The Bertz CT molecular complexity index is 834. The Hall–Kier alpha value is -1.68. The zero-order valence-corrected chi connectivity index (χ0v) is 20.6. The largest absolute Gasteiger partial charge is 0.504 e. The average Bonchev–Trinajstić information content (AvgIpc) is 3.16. The molecule has 2 aromatic rings. The highest BCUT2D eigenvalue weighted by atomic mass is 127. The number of benzene rings is 2. The van der Waals surface area contributed by atoms with Crippen molar-refractivity contribution in [1.82, 2.24) is 10.6 Å². The first-order chi connectivity index (χ1) is 13.6. The van der Waals surface area contributed by atoms with E-state index in [4.69, 9.17) is 4.74 Å². The van der Waals surface area contributed by atoms with Gasteiger partial charge in [0.25, 0.3) is 0 Å². The average molecular weight is 575 g/mol. The van der Waals surface area contributed by atoms with Crippen LogP contribution in [-0.2, 0) is 6.54 Å². The van der Waals surface area contributed by atoms with E-state index in [1.54, 1.807) is 13.2 Å². The zero-order chi connectivity index (χ0) is 19.9. The summed E-state index contributed by atoms with van der Waals surface area (Å²) in [6.07, 6.45) is 1.04. The van der Waals surface area contributed by atoms with Crippen molar-refractivity contribution in [3.8, 4) is 11.5 Å². The van der Waals surface area contributed by atoms with Crippen molar-refractivity contribution < 1.29 is 9.84 Å². The summed E-state index contributed by atoms with van der Waals surface area (Å²) < 4.78 is 6.29. The molecule has 8 heteroatoms. The minimum atomic E-state index is 0. The topological polar surface area (TPSA) is 69.1 Å². The van der Waals surface area contributed by atoms with Crippen molar-refractivity contribution in [2.45, 2.75) is 25.9 Å². The molecule has 1 fully saturated rings. The molecule has 0 aromatic heterocycles. The van der Waals surface area contributed by atoms with Gasteiger partial charge in [0.15, 0.2) is 17.5 Å². The van der Waals surface area contributed by atoms with Crippen molar-refractivity contribution >= 4 is 51.6 Å². The molecule has 1 saturated heterocycles. The number of phenols is 1. The van der Waals surface area contributed by atoms with Gasteiger partial charge in [0.2, 0.25) is 0 Å². The molecular formula is C21H28BrIN4O2. The van der Waals surface area contributed by atoms with Crippen molar-refractivity contribution in [2.24, 2.45) is 4.99 Å². The third-order valence-electron chi connectivity index (χ3n) is 4.78. The Morgan fingerprint density at radius 2 is 2.07 bits per heavy atom. The first-order valence-corrected chi connectivity index (χ1v) is 10.3. The van der Waals surface area contributed by atoms with E-state index in [0.29, 0.717) is 18.3 Å². The van der Waals surface area contributed by atoms with E-state index in [2.05, 4.69) is 54.7 Å². The second-order valence-electron chi connectivity index (χ2n) is 6.69. The van der Waals surface area contributed by atoms with Crippen LogP contribution in [0.1, 0.15) is 18.9 Å². The molecule has 1 heterocycles. The van der Waals surface area contributed by atoms with Gasteiger partial charge in [-0.1, -0.05) is 24.3 Å². The fourth-order valence-electron chi connectivity index (χ4n) is 3.34. The molecule has 1 aliphatic rings. The number of aromatic hydroxyl groups is 1. The lowest BCUT2D eigenvalue weighted by Crippen LogP contribution is -2.44. The number of rotatable bonds is 6. The van der Waals surface area contributed by atoms with Gasteiger partial charge in [-0.05, 0) is 47.5 Å². The number of anilines is 1. The molecule has 0 aliphatic carbocycles. The molecule has 1 atom stereocenters. The van der Waals surface area contributed by atoms with E-state index in [9.17, 15) is 5.11 Å². The van der Waals surface area contributed by atoms with Crippen LogP contribution in [0.25, 0.3) is 0 Å². The molecule has 0 saturated carbocycles. The number of hydrogen-bond donors (Lipinski definition) is 3. The normalized spacial score (nSPS) is 16.3. The minimum absolute atomic E-state index is 0. The lowest BCUT2D eigenvalue weighted by atomic mass is 10.2. The van der Waals surface area contributed by atoms with E-state index in [1.807, 2.05) is 25.1 Å². The van der Waals surface area contributed by atoms with E-state index >= 15 is 0 Å². The van der Waals surface area contributed by atoms with Crippen LogP contribution in [0.2, 0.25) is 0 Å². The number of aliphatic imine (C=N–C) groups is 1. The summed E-state index contributed by atoms with van der Waals surface area (Å²) in [5, 5.41) is 17.1. The van der Waals surface area contributed by atoms with Gasteiger partial charge in [0, 0.05) is 35.7 Å². The minimum Gasteiger partial charge on any atom is -0.504 e. The van der Waals surface area contributed by atoms with Gasteiger partial charge in [-0.15, -0.1) is 24.0 Å². The van der Waals surface area contributed by atoms with Crippen LogP contribution >= 0.6 is 39.9 Å². The molecule has 0 amide bonds. The summed E-state index contributed by atoms with van der Waals surface area (Å²) in [5.41, 5.74) is 1.95. The lowest BCUT2D eigenvalue weighted by Gasteiger charge is -2.21. The number of nitrogens with zero attached hydrogens (tertiary/aromatic N) is 2. The smallest absolute Gasteiger partial charge is 0.191 e. The number of nitrogens with one attached hydrogen (secondary N) is 2. The predicted octanol–water partition coefficient (Wildman–Crippen LogP) is 4.12. The highest BCUT2D eigenvalue weighted by Gasteiger charge is 2.24. The summed E-state index contributed by atoms with van der Waals surface area (Å²) in [4.78, 5) is 7.02. The third kappa shape index (κ3) is 6.15.